The Morgan fingerprint density at radius 2 is 1.80 bits per heavy atom. The van der Waals surface area contributed by atoms with E-state index >= 15 is 0 Å². The molecule has 0 bridgehead atoms. The Bertz CT molecular complexity index is 1050. The molecule has 2 aromatic heterocycles. The number of nitrogens with one attached hydrogen (secondary N) is 1. The molecule has 0 amide bonds. The van der Waals surface area contributed by atoms with Gasteiger partial charge in [-0.05, 0) is 53.8 Å². The van der Waals surface area contributed by atoms with Gasteiger partial charge in [0.05, 0.1) is 0 Å². The Morgan fingerprint density at radius 1 is 1.04 bits per heavy atom. The fourth-order valence-electron chi connectivity index (χ4n) is 2.43. The first kappa shape index (κ1) is 15.3. The van der Waals surface area contributed by atoms with E-state index < -0.39 is 0 Å². The number of tetrazole rings is 1. The summed E-state index contributed by atoms with van der Waals surface area (Å²) in [5, 5.41) is 19.4. The van der Waals surface area contributed by atoms with E-state index in [-0.39, 0.29) is 12.4 Å². The zero-order valence-corrected chi connectivity index (χ0v) is 13.7. The summed E-state index contributed by atoms with van der Waals surface area (Å²) in [5.41, 5.74) is 1.59. The topological polar surface area (TPSA) is 77.2 Å². The van der Waals surface area contributed by atoms with Gasteiger partial charge in [0.1, 0.15) is 12.4 Å². The number of H-pyrrole nitrogens is 1. The van der Waals surface area contributed by atoms with Gasteiger partial charge in [0.25, 0.3) is 0 Å². The summed E-state index contributed by atoms with van der Waals surface area (Å²) in [6, 6.07) is 15.6. The van der Waals surface area contributed by atoms with Gasteiger partial charge in [-0.15, -0.1) is 10.2 Å². The first-order valence-corrected chi connectivity index (χ1v) is 7.87. The van der Waals surface area contributed by atoms with Crippen molar-refractivity contribution >= 4 is 12.2 Å². The third-order valence-corrected chi connectivity index (χ3v) is 3.87. The lowest BCUT2D eigenvalue weighted by molar-refractivity contribution is 0.548. The minimum absolute atomic E-state index is 0.288. The monoisotopic (exact) mass is 353 g/mol. The number of aromatic amines is 1. The highest BCUT2D eigenvalue weighted by Crippen LogP contribution is 2.15. The second-order valence-electron chi connectivity index (χ2n) is 5.27. The average molecular weight is 353 g/mol. The SMILES string of the molecule is Fc1ccc(-c2nnn(Cc3n[nH]c(=S)n3-c3ccccc3)n2)cc1. The number of hydrogen-bond donors (Lipinski definition) is 1. The van der Waals surface area contributed by atoms with Crippen LogP contribution in [0.1, 0.15) is 5.82 Å². The van der Waals surface area contributed by atoms with Gasteiger partial charge >= 0.3 is 0 Å². The Labute approximate surface area is 146 Å². The maximum Gasteiger partial charge on any atom is 0.204 e. The van der Waals surface area contributed by atoms with Gasteiger partial charge < -0.3 is 0 Å². The molecule has 124 valence electrons. The van der Waals surface area contributed by atoms with Crippen molar-refractivity contribution in [2.75, 3.05) is 0 Å². The van der Waals surface area contributed by atoms with Crippen molar-refractivity contribution in [1.29, 1.82) is 0 Å². The Morgan fingerprint density at radius 3 is 2.56 bits per heavy atom. The summed E-state index contributed by atoms with van der Waals surface area (Å²) in [5.74, 6) is 0.759. The molecule has 25 heavy (non-hydrogen) atoms. The minimum Gasteiger partial charge on any atom is -0.271 e. The minimum atomic E-state index is -0.311. The number of hydrogen-bond acceptors (Lipinski definition) is 5. The highest BCUT2D eigenvalue weighted by Gasteiger charge is 2.12. The van der Waals surface area contributed by atoms with E-state index in [2.05, 4.69) is 25.6 Å². The standard InChI is InChI=1S/C16H12FN7S/c17-12-8-6-11(7-9-12)15-19-22-23(21-15)10-14-18-20-16(25)24(14)13-4-2-1-3-5-13/h1-9H,10H2,(H,20,25). The van der Waals surface area contributed by atoms with Crippen molar-refractivity contribution in [2.24, 2.45) is 0 Å². The third-order valence-electron chi connectivity index (χ3n) is 3.59. The highest BCUT2D eigenvalue weighted by molar-refractivity contribution is 7.71. The van der Waals surface area contributed by atoms with Crippen molar-refractivity contribution in [3.05, 3.63) is 71.0 Å². The zero-order valence-electron chi connectivity index (χ0n) is 12.9. The molecule has 0 unspecified atom stereocenters. The number of halogens is 1. The lowest BCUT2D eigenvalue weighted by Gasteiger charge is -2.05. The molecule has 0 saturated carbocycles. The molecule has 0 atom stereocenters. The molecule has 0 spiro atoms. The first-order chi connectivity index (χ1) is 12.2. The van der Waals surface area contributed by atoms with E-state index in [1.807, 2.05) is 34.9 Å². The number of benzene rings is 2. The van der Waals surface area contributed by atoms with Gasteiger partial charge in [-0.2, -0.15) is 9.90 Å². The van der Waals surface area contributed by atoms with E-state index in [0.717, 1.165) is 5.69 Å². The summed E-state index contributed by atoms with van der Waals surface area (Å²) in [6.07, 6.45) is 0. The van der Waals surface area contributed by atoms with Crippen LogP contribution in [0, 0.1) is 10.6 Å². The molecule has 0 radical (unpaired) electrons. The predicted octanol–water partition coefficient (Wildman–Crippen LogP) is 2.77. The molecule has 1 N–H and O–H groups in total. The van der Waals surface area contributed by atoms with Crippen LogP contribution in [0.4, 0.5) is 4.39 Å². The molecule has 0 aliphatic rings. The highest BCUT2D eigenvalue weighted by atomic mass is 32.1. The smallest absolute Gasteiger partial charge is 0.204 e. The fraction of sp³-hybridized carbons (Fsp3) is 0.0625. The van der Waals surface area contributed by atoms with E-state index in [0.29, 0.717) is 22.0 Å². The summed E-state index contributed by atoms with van der Waals surface area (Å²) in [7, 11) is 0. The van der Waals surface area contributed by atoms with E-state index in [1.165, 1.54) is 16.9 Å². The normalized spacial score (nSPS) is 10.9. The molecule has 2 aromatic carbocycles. The van der Waals surface area contributed by atoms with Crippen LogP contribution in [0.5, 0.6) is 0 Å². The summed E-state index contributed by atoms with van der Waals surface area (Å²) >= 11 is 5.31. The molecule has 0 saturated heterocycles. The zero-order chi connectivity index (χ0) is 17.2. The average Bonchev–Trinajstić information content (AvgIpc) is 3.24. The largest absolute Gasteiger partial charge is 0.271 e. The molecule has 7 nitrogen and oxygen atoms in total. The maximum absolute atomic E-state index is 13.0. The van der Waals surface area contributed by atoms with Gasteiger partial charge in [0.15, 0.2) is 10.6 Å². The quantitative estimate of drug-likeness (QED) is 0.571. The van der Waals surface area contributed by atoms with E-state index in [9.17, 15) is 4.39 Å². The van der Waals surface area contributed by atoms with Crippen LogP contribution in [-0.4, -0.2) is 35.0 Å². The van der Waals surface area contributed by atoms with Crippen molar-refractivity contribution in [3.8, 4) is 17.1 Å². The summed E-state index contributed by atoms with van der Waals surface area (Å²) in [6.45, 7) is 0.288. The Hall–Kier alpha value is -3.20. The van der Waals surface area contributed by atoms with Crippen LogP contribution in [0.15, 0.2) is 54.6 Å². The molecule has 0 fully saturated rings. The molecular weight excluding hydrogens is 341 g/mol. The van der Waals surface area contributed by atoms with E-state index in [4.69, 9.17) is 12.2 Å². The lowest BCUT2D eigenvalue weighted by atomic mass is 10.2. The molecule has 2 heterocycles. The van der Waals surface area contributed by atoms with Crippen LogP contribution in [-0.2, 0) is 6.54 Å². The van der Waals surface area contributed by atoms with Crippen LogP contribution < -0.4 is 0 Å². The molecule has 4 aromatic rings. The Balaban J connectivity index is 1.64. The molecule has 0 aliphatic carbocycles. The fourth-order valence-corrected chi connectivity index (χ4v) is 2.69. The molecule has 0 aliphatic heterocycles. The van der Waals surface area contributed by atoms with Crippen LogP contribution >= 0.6 is 12.2 Å². The summed E-state index contributed by atoms with van der Waals surface area (Å²) in [4.78, 5) is 1.42. The second kappa shape index (κ2) is 6.36. The number of rotatable bonds is 4. The van der Waals surface area contributed by atoms with Crippen molar-refractivity contribution < 1.29 is 4.39 Å². The van der Waals surface area contributed by atoms with Crippen LogP contribution in [0.2, 0.25) is 0 Å². The van der Waals surface area contributed by atoms with Gasteiger partial charge in [-0.1, -0.05) is 18.2 Å². The van der Waals surface area contributed by atoms with Gasteiger partial charge in [-0.3, -0.25) is 9.67 Å². The molecule has 9 heteroatoms. The maximum atomic E-state index is 13.0. The third kappa shape index (κ3) is 3.09. The molecular formula is C16H12FN7S. The Kier molecular flexibility index (Phi) is 3.90. The van der Waals surface area contributed by atoms with E-state index in [1.54, 1.807) is 12.1 Å². The first-order valence-electron chi connectivity index (χ1n) is 7.46. The second-order valence-corrected chi connectivity index (χ2v) is 5.65. The van der Waals surface area contributed by atoms with Gasteiger partial charge in [0.2, 0.25) is 5.82 Å². The van der Waals surface area contributed by atoms with Crippen molar-refractivity contribution in [3.63, 3.8) is 0 Å². The predicted molar refractivity (Wildman–Crippen MR) is 91.1 cm³/mol. The number of aromatic nitrogens is 7. The van der Waals surface area contributed by atoms with Gasteiger partial charge in [0, 0.05) is 11.3 Å². The van der Waals surface area contributed by atoms with Crippen molar-refractivity contribution in [2.45, 2.75) is 6.54 Å². The summed E-state index contributed by atoms with van der Waals surface area (Å²) < 4.78 is 15.3. The van der Waals surface area contributed by atoms with Gasteiger partial charge in [-0.25, -0.2) is 4.39 Å². The van der Waals surface area contributed by atoms with Crippen LogP contribution in [0.3, 0.4) is 0 Å². The number of nitrogens with zero attached hydrogens (tertiary/aromatic N) is 6. The number of para-hydroxylation sites is 1. The lowest BCUT2D eigenvalue weighted by Crippen LogP contribution is -2.10. The molecule has 4 rings (SSSR count). The van der Waals surface area contributed by atoms with Crippen LogP contribution in [0.25, 0.3) is 17.1 Å². The van der Waals surface area contributed by atoms with Crippen molar-refractivity contribution in [1.82, 2.24) is 35.0 Å².